The van der Waals surface area contributed by atoms with Crippen LogP contribution in [0.1, 0.15) is 24.1 Å². The molecular formula is C14H19N3O. The third-order valence-electron chi connectivity index (χ3n) is 2.98. The number of nitrogens with zero attached hydrogens (tertiary/aromatic N) is 2. The standard InChI is InChI=1S/C14H19N3O/c1-11(13-6-4-5-7-14(13)18-3)15-8-12-9-16-17(2)10-12/h4-7,9-11,15H,8H2,1-3H3. The highest BCUT2D eigenvalue weighted by Gasteiger charge is 2.10. The number of benzene rings is 1. The van der Waals surface area contributed by atoms with Crippen molar-refractivity contribution in [1.82, 2.24) is 15.1 Å². The molecule has 1 atom stereocenters. The van der Waals surface area contributed by atoms with Gasteiger partial charge < -0.3 is 10.1 Å². The van der Waals surface area contributed by atoms with E-state index in [2.05, 4.69) is 23.4 Å². The fraction of sp³-hybridized carbons (Fsp3) is 0.357. The number of hydrogen-bond acceptors (Lipinski definition) is 3. The number of methoxy groups -OCH3 is 1. The summed E-state index contributed by atoms with van der Waals surface area (Å²) in [7, 11) is 3.62. The van der Waals surface area contributed by atoms with E-state index < -0.39 is 0 Å². The van der Waals surface area contributed by atoms with Gasteiger partial charge in [-0.15, -0.1) is 0 Å². The van der Waals surface area contributed by atoms with Crippen LogP contribution in [0.3, 0.4) is 0 Å². The van der Waals surface area contributed by atoms with Crippen molar-refractivity contribution in [3.05, 3.63) is 47.8 Å². The maximum Gasteiger partial charge on any atom is 0.123 e. The van der Waals surface area contributed by atoms with Crippen LogP contribution in [0.25, 0.3) is 0 Å². The molecule has 0 spiro atoms. The van der Waals surface area contributed by atoms with Gasteiger partial charge in [0.1, 0.15) is 5.75 Å². The second-order valence-corrected chi connectivity index (χ2v) is 4.37. The predicted octanol–water partition coefficient (Wildman–Crippen LogP) is 2.28. The second kappa shape index (κ2) is 5.69. The lowest BCUT2D eigenvalue weighted by Gasteiger charge is -2.16. The third-order valence-corrected chi connectivity index (χ3v) is 2.98. The van der Waals surface area contributed by atoms with E-state index in [1.54, 1.807) is 7.11 Å². The van der Waals surface area contributed by atoms with Gasteiger partial charge in [0.25, 0.3) is 0 Å². The molecule has 1 heterocycles. The minimum Gasteiger partial charge on any atom is -0.496 e. The topological polar surface area (TPSA) is 39.1 Å². The first-order valence-corrected chi connectivity index (χ1v) is 6.04. The van der Waals surface area contributed by atoms with E-state index in [0.717, 1.165) is 12.3 Å². The summed E-state index contributed by atoms with van der Waals surface area (Å²) in [6, 6.07) is 8.31. The average molecular weight is 245 g/mol. The first kappa shape index (κ1) is 12.6. The smallest absolute Gasteiger partial charge is 0.123 e. The van der Waals surface area contributed by atoms with Crippen molar-refractivity contribution in [2.45, 2.75) is 19.5 Å². The zero-order valence-corrected chi connectivity index (χ0v) is 11.1. The summed E-state index contributed by atoms with van der Waals surface area (Å²) in [5.74, 6) is 0.920. The first-order valence-electron chi connectivity index (χ1n) is 6.04. The Labute approximate surface area is 108 Å². The number of aromatic nitrogens is 2. The molecule has 4 nitrogen and oxygen atoms in total. The van der Waals surface area contributed by atoms with Crippen molar-refractivity contribution in [3.8, 4) is 5.75 Å². The second-order valence-electron chi connectivity index (χ2n) is 4.37. The van der Waals surface area contributed by atoms with Gasteiger partial charge in [-0.25, -0.2) is 0 Å². The summed E-state index contributed by atoms with van der Waals surface area (Å²) in [5.41, 5.74) is 2.35. The maximum atomic E-state index is 5.37. The van der Waals surface area contributed by atoms with Crippen LogP contribution in [0, 0.1) is 0 Å². The first-order chi connectivity index (χ1) is 8.70. The highest BCUT2D eigenvalue weighted by atomic mass is 16.5. The summed E-state index contributed by atoms with van der Waals surface area (Å²) >= 11 is 0. The molecule has 0 aliphatic rings. The summed E-state index contributed by atoms with van der Waals surface area (Å²) in [5, 5.41) is 7.62. The van der Waals surface area contributed by atoms with E-state index in [4.69, 9.17) is 4.74 Å². The Morgan fingerprint density at radius 3 is 2.83 bits per heavy atom. The van der Waals surface area contributed by atoms with Crippen LogP contribution < -0.4 is 10.1 Å². The molecule has 0 saturated carbocycles. The van der Waals surface area contributed by atoms with Gasteiger partial charge >= 0.3 is 0 Å². The maximum absolute atomic E-state index is 5.37. The molecule has 2 aromatic rings. The van der Waals surface area contributed by atoms with Crippen molar-refractivity contribution < 1.29 is 4.74 Å². The zero-order valence-electron chi connectivity index (χ0n) is 11.1. The number of nitrogens with one attached hydrogen (secondary N) is 1. The molecule has 0 aliphatic heterocycles. The minimum atomic E-state index is 0.237. The van der Waals surface area contributed by atoms with Gasteiger partial charge in [0.2, 0.25) is 0 Å². The monoisotopic (exact) mass is 245 g/mol. The highest BCUT2D eigenvalue weighted by molar-refractivity contribution is 5.35. The van der Waals surface area contributed by atoms with E-state index in [-0.39, 0.29) is 6.04 Å². The molecule has 2 rings (SSSR count). The van der Waals surface area contributed by atoms with E-state index in [0.29, 0.717) is 0 Å². The number of hydrogen-bond donors (Lipinski definition) is 1. The van der Waals surface area contributed by atoms with Gasteiger partial charge in [-0.2, -0.15) is 5.10 Å². The fourth-order valence-electron chi connectivity index (χ4n) is 1.97. The van der Waals surface area contributed by atoms with E-state index in [9.17, 15) is 0 Å². The van der Waals surface area contributed by atoms with Gasteiger partial charge in [-0.05, 0) is 13.0 Å². The number of ether oxygens (including phenoxy) is 1. The lowest BCUT2D eigenvalue weighted by molar-refractivity contribution is 0.401. The van der Waals surface area contributed by atoms with Gasteiger partial charge in [0.15, 0.2) is 0 Å². The molecule has 0 radical (unpaired) electrons. The molecule has 0 amide bonds. The largest absolute Gasteiger partial charge is 0.496 e. The predicted molar refractivity (Wildman–Crippen MR) is 71.5 cm³/mol. The molecule has 0 aliphatic carbocycles. The van der Waals surface area contributed by atoms with Gasteiger partial charge in [0, 0.05) is 37.0 Å². The quantitative estimate of drug-likeness (QED) is 0.878. The molecule has 1 aromatic carbocycles. The lowest BCUT2D eigenvalue weighted by Crippen LogP contribution is -2.18. The molecule has 18 heavy (non-hydrogen) atoms. The number of aryl methyl sites for hydroxylation is 1. The minimum absolute atomic E-state index is 0.237. The van der Waals surface area contributed by atoms with Gasteiger partial charge in [-0.1, -0.05) is 18.2 Å². The van der Waals surface area contributed by atoms with E-state index in [1.165, 1.54) is 11.1 Å². The summed E-state index contributed by atoms with van der Waals surface area (Å²) in [6.07, 6.45) is 3.89. The van der Waals surface area contributed by atoms with Crippen LogP contribution in [0.4, 0.5) is 0 Å². The van der Waals surface area contributed by atoms with Crippen molar-refractivity contribution >= 4 is 0 Å². The molecule has 1 aromatic heterocycles. The zero-order chi connectivity index (χ0) is 13.0. The van der Waals surface area contributed by atoms with Crippen molar-refractivity contribution in [3.63, 3.8) is 0 Å². The van der Waals surface area contributed by atoms with E-state index >= 15 is 0 Å². The highest BCUT2D eigenvalue weighted by Crippen LogP contribution is 2.24. The summed E-state index contributed by atoms with van der Waals surface area (Å²) in [4.78, 5) is 0. The van der Waals surface area contributed by atoms with Crippen molar-refractivity contribution in [2.24, 2.45) is 7.05 Å². The Morgan fingerprint density at radius 1 is 1.39 bits per heavy atom. The van der Waals surface area contributed by atoms with Crippen LogP contribution in [-0.2, 0) is 13.6 Å². The van der Waals surface area contributed by atoms with Crippen LogP contribution >= 0.6 is 0 Å². The molecule has 96 valence electrons. The van der Waals surface area contributed by atoms with Crippen LogP contribution in [0.5, 0.6) is 5.75 Å². The normalized spacial score (nSPS) is 12.4. The Balaban J connectivity index is 2.01. The van der Waals surface area contributed by atoms with Gasteiger partial charge in [-0.3, -0.25) is 4.68 Å². The van der Waals surface area contributed by atoms with Gasteiger partial charge in [0.05, 0.1) is 13.3 Å². The van der Waals surface area contributed by atoms with Crippen LogP contribution in [-0.4, -0.2) is 16.9 Å². The van der Waals surface area contributed by atoms with Crippen molar-refractivity contribution in [2.75, 3.05) is 7.11 Å². The summed E-state index contributed by atoms with van der Waals surface area (Å²) < 4.78 is 7.18. The average Bonchev–Trinajstić information content (AvgIpc) is 2.81. The molecule has 4 heteroatoms. The molecule has 0 fully saturated rings. The molecule has 0 bridgehead atoms. The van der Waals surface area contributed by atoms with Crippen LogP contribution in [0.2, 0.25) is 0 Å². The van der Waals surface area contributed by atoms with Crippen molar-refractivity contribution in [1.29, 1.82) is 0 Å². The molecule has 1 unspecified atom stereocenters. The molecule has 1 N–H and O–H groups in total. The number of rotatable bonds is 5. The third kappa shape index (κ3) is 2.90. The van der Waals surface area contributed by atoms with E-state index in [1.807, 2.05) is 42.3 Å². The Kier molecular flexibility index (Phi) is 3.99. The number of para-hydroxylation sites is 1. The fourth-order valence-corrected chi connectivity index (χ4v) is 1.97. The summed E-state index contributed by atoms with van der Waals surface area (Å²) in [6.45, 7) is 2.93. The van der Waals surface area contributed by atoms with Crippen LogP contribution in [0.15, 0.2) is 36.7 Å². The Hall–Kier alpha value is -1.81. The molecule has 0 saturated heterocycles. The SMILES string of the molecule is COc1ccccc1C(C)NCc1cnn(C)c1. The molecular weight excluding hydrogens is 226 g/mol. The lowest BCUT2D eigenvalue weighted by atomic mass is 10.1. The Morgan fingerprint density at radius 2 is 2.17 bits per heavy atom. The Bertz CT molecular complexity index is 507.